The summed E-state index contributed by atoms with van der Waals surface area (Å²) in [6.45, 7) is 2.26. The SMILES string of the molecule is CN=C(NCc1ccccc1OCCN(C)C)NC1CC2CCC1O2. The Bertz CT molecular complexity index is 591. The van der Waals surface area contributed by atoms with Crippen molar-refractivity contribution >= 4 is 5.96 Å². The lowest BCUT2D eigenvalue weighted by atomic mass is 9.96. The van der Waals surface area contributed by atoms with E-state index < -0.39 is 0 Å². The molecule has 25 heavy (non-hydrogen) atoms. The number of benzene rings is 1. The molecule has 0 aromatic heterocycles. The molecule has 1 aromatic rings. The number of nitrogens with zero attached hydrogens (tertiary/aromatic N) is 2. The van der Waals surface area contributed by atoms with Gasteiger partial charge < -0.3 is 25.0 Å². The Labute approximate surface area is 150 Å². The number of hydrogen-bond acceptors (Lipinski definition) is 4. The summed E-state index contributed by atoms with van der Waals surface area (Å²) in [5.74, 6) is 1.75. The summed E-state index contributed by atoms with van der Waals surface area (Å²) >= 11 is 0. The Morgan fingerprint density at radius 1 is 1.32 bits per heavy atom. The second-order valence-corrected chi connectivity index (χ2v) is 7.05. The third kappa shape index (κ3) is 4.86. The zero-order valence-corrected chi connectivity index (χ0v) is 15.5. The second-order valence-electron chi connectivity index (χ2n) is 7.05. The van der Waals surface area contributed by atoms with Crippen LogP contribution < -0.4 is 15.4 Å². The van der Waals surface area contributed by atoms with E-state index in [0.717, 1.165) is 36.7 Å². The predicted octanol–water partition coefficient (Wildman–Crippen LogP) is 1.61. The number of ether oxygens (including phenoxy) is 2. The lowest BCUT2D eigenvalue weighted by Gasteiger charge is -2.23. The minimum atomic E-state index is 0.338. The highest BCUT2D eigenvalue weighted by Crippen LogP contribution is 2.34. The first-order chi connectivity index (χ1) is 12.2. The number of fused-ring (bicyclic) bond motifs is 2. The molecular formula is C19H30N4O2. The summed E-state index contributed by atoms with van der Waals surface area (Å²) in [5, 5.41) is 6.92. The molecule has 6 heteroatoms. The molecule has 3 atom stereocenters. The summed E-state index contributed by atoms with van der Waals surface area (Å²) in [4.78, 5) is 6.47. The van der Waals surface area contributed by atoms with Crippen LogP contribution >= 0.6 is 0 Å². The summed E-state index contributed by atoms with van der Waals surface area (Å²) < 4.78 is 11.8. The van der Waals surface area contributed by atoms with E-state index in [1.807, 2.05) is 39.3 Å². The summed E-state index contributed by atoms with van der Waals surface area (Å²) in [7, 11) is 5.90. The van der Waals surface area contributed by atoms with Crippen LogP contribution in [0.5, 0.6) is 5.75 Å². The van der Waals surface area contributed by atoms with Gasteiger partial charge in [-0.2, -0.15) is 0 Å². The summed E-state index contributed by atoms with van der Waals surface area (Å²) in [5.41, 5.74) is 1.13. The Morgan fingerprint density at radius 2 is 2.16 bits per heavy atom. The Hall–Kier alpha value is -1.79. The van der Waals surface area contributed by atoms with Gasteiger partial charge in [-0.15, -0.1) is 0 Å². The van der Waals surface area contributed by atoms with E-state index in [9.17, 15) is 0 Å². The van der Waals surface area contributed by atoms with Gasteiger partial charge in [0.25, 0.3) is 0 Å². The number of nitrogens with one attached hydrogen (secondary N) is 2. The molecule has 0 spiro atoms. The van der Waals surface area contributed by atoms with Crippen molar-refractivity contribution in [2.75, 3.05) is 34.3 Å². The molecule has 3 unspecified atom stereocenters. The van der Waals surface area contributed by atoms with Crippen molar-refractivity contribution in [1.29, 1.82) is 0 Å². The van der Waals surface area contributed by atoms with Crippen LogP contribution in [-0.4, -0.2) is 63.4 Å². The molecule has 0 radical (unpaired) electrons. The van der Waals surface area contributed by atoms with Gasteiger partial charge in [0.15, 0.2) is 5.96 Å². The quantitative estimate of drug-likeness (QED) is 0.580. The fourth-order valence-corrected chi connectivity index (χ4v) is 3.47. The van der Waals surface area contributed by atoms with Crippen molar-refractivity contribution in [3.05, 3.63) is 29.8 Å². The van der Waals surface area contributed by atoms with E-state index >= 15 is 0 Å². The predicted molar refractivity (Wildman–Crippen MR) is 100 cm³/mol. The monoisotopic (exact) mass is 346 g/mol. The van der Waals surface area contributed by atoms with Crippen molar-refractivity contribution in [3.8, 4) is 5.75 Å². The standard InChI is InChI=1S/C19H30N4O2/c1-20-19(22-16-12-15-8-9-18(16)25-15)21-13-14-6-4-5-7-17(14)24-11-10-23(2)3/h4-7,15-16,18H,8-13H2,1-3H3,(H2,20,21,22). The maximum absolute atomic E-state index is 5.93. The minimum Gasteiger partial charge on any atom is -0.492 e. The van der Waals surface area contributed by atoms with E-state index in [1.165, 1.54) is 6.42 Å². The van der Waals surface area contributed by atoms with Gasteiger partial charge in [-0.05, 0) is 39.4 Å². The van der Waals surface area contributed by atoms with Gasteiger partial charge in [0, 0.05) is 25.7 Å². The number of guanidine groups is 1. The topological polar surface area (TPSA) is 58.1 Å². The number of likely N-dealkylation sites (N-methyl/N-ethyl adjacent to an activating group) is 1. The zero-order valence-electron chi connectivity index (χ0n) is 15.5. The van der Waals surface area contributed by atoms with Gasteiger partial charge in [-0.25, -0.2) is 0 Å². The highest BCUT2D eigenvalue weighted by atomic mass is 16.5. The molecule has 2 aliphatic rings. The lowest BCUT2D eigenvalue weighted by Crippen LogP contribution is -2.47. The van der Waals surface area contributed by atoms with Gasteiger partial charge in [-0.1, -0.05) is 18.2 Å². The van der Waals surface area contributed by atoms with Crippen LogP contribution in [0.15, 0.2) is 29.3 Å². The van der Waals surface area contributed by atoms with Gasteiger partial charge in [0.1, 0.15) is 12.4 Å². The molecule has 2 heterocycles. The highest BCUT2D eigenvalue weighted by Gasteiger charge is 2.41. The molecule has 6 nitrogen and oxygen atoms in total. The summed E-state index contributed by atoms with van der Waals surface area (Å²) in [6.07, 6.45) is 4.21. The average molecular weight is 346 g/mol. The van der Waals surface area contributed by atoms with Crippen LogP contribution in [0.2, 0.25) is 0 Å². The fourth-order valence-electron chi connectivity index (χ4n) is 3.47. The molecule has 138 valence electrons. The highest BCUT2D eigenvalue weighted by molar-refractivity contribution is 5.80. The largest absolute Gasteiger partial charge is 0.492 e. The average Bonchev–Trinajstić information content (AvgIpc) is 3.22. The van der Waals surface area contributed by atoms with E-state index in [0.29, 0.717) is 31.4 Å². The molecule has 1 aromatic carbocycles. The zero-order chi connectivity index (χ0) is 17.6. The number of para-hydroxylation sites is 1. The van der Waals surface area contributed by atoms with Crippen molar-refractivity contribution in [1.82, 2.24) is 15.5 Å². The van der Waals surface area contributed by atoms with Crippen molar-refractivity contribution in [2.45, 2.75) is 44.1 Å². The van der Waals surface area contributed by atoms with E-state index in [4.69, 9.17) is 9.47 Å². The molecule has 2 fully saturated rings. The van der Waals surface area contributed by atoms with Crippen LogP contribution in [-0.2, 0) is 11.3 Å². The van der Waals surface area contributed by atoms with Gasteiger partial charge in [0.2, 0.25) is 0 Å². The van der Waals surface area contributed by atoms with Crippen LogP contribution in [0.3, 0.4) is 0 Å². The summed E-state index contributed by atoms with van der Waals surface area (Å²) in [6, 6.07) is 8.53. The Morgan fingerprint density at radius 3 is 2.84 bits per heavy atom. The van der Waals surface area contributed by atoms with Crippen LogP contribution in [0.25, 0.3) is 0 Å². The molecule has 2 saturated heterocycles. The number of rotatable bonds is 7. The maximum atomic E-state index is 5.93. The number of hydrogen-bond donors (Lipinski definition) is 2. The Kier molecular flexibility index (Phi) is 6.15. The lowest BCUT2D eigenvalue weighted by molar-refractivity contribution is 0.0992. The fraction of sp³-hybridized carbons (Fsp3) is 0.632. The first kappa shape index (κ1) is 18.0. The Balaban J connectivity index is 1.51. The molecule has 0 amide bonds. The molecular weight excluding hydrogens is 316 g/mol. The number of aliphatic imine (C=N–C) groups is 1. The van der Waals surface area contributed by atoms with E-state index in [-0.39, 0.29) is 0 Å². The minimum absolute atomic E-state index is 0.338. The van der Waals surface area contributed by atoms with Gasteiger partial charge in [-0.3, -0.25) is 4.99 Å². The third-order valence-electron chi connectivity index (χ3n) is 4.87. The van der Waals surface area contributed by atoms with E-state index in [2.05, 4.69) is 26.6 Å². The van der Waals surface area contributed by atoms with Crippen molar-refractivity contribution < 1.29 is 9.47 Å². The van der Waals surface area contributed by atoms with Gasteiger partial charge >= 0.3 is 0 Å². The molecule has 2 bridgehead atoms. The van der Waals surface area contributed by atoms with Crippen LogP contribution in [0.1, 0.15) is 24.8 Å². The van der Waals surface area contributed by atoms with Crippen molar-refractivity contribution in [3.63, 3.8) is 0 Å². The first-order valence-corrected chi connectivity index (χ1v) is 9.14. The maximum Gasteiger partial charge on any atom is 0.191 e. The van der Waals surface area contributed by atoms with Gasteiger partial charge in [0.05, 0.1) is 18.2 Å². The van der Waals surface area contributed by atoms with E-state index in [1.54, 1.807) is 0 Å². The molecule has 2 aliphatic heterocycles. The smallest absolute Gasteiger partial charge is 0.191 e. The second kappa shape index (κ2) is 8.54. The van der Waals surface area contributed by atoms with Crippen LogP contribution in [0.4, 0.5) is 0 Å². The molecule has 0 aliphatic carbocycles. The molecule has 2 N–H and O–H groups in total. The first-order valence-electron chi connectivity index (χ1n) is 9.14. The van der Waals surface area contributed by atoms with Crippen LogP contribution in [0, 0.1) is 0 Å². The van der Waals surface area contributed by atoms with Crippen molar-refractivity contribution in [2.24, 2.45) is 4.99 Å². The molecule has 3 rings (SSSR count). The normalized spacial score (nSPS) is 25.4. The molecule has 0 saturated carbocycles. The third-order valence-corrected chi connectivity index (χ3v) is 4.87.